The van der Waals surface area contributed by atoms with Gasteiger partial charge in [0.15, 0.2) is 0 Å². The maximum atomic E-state index is 14.1. The van der Waals surface area contributed by atoms with E-state index in [1.165, 1.54) is 8.99 Å². The molecule has 0 amide bonds. The van der Waals surface area contributed by atoms with Crippen LogP contribution in [0, 0.1) is 27.7 Å². The zero-order valence-corrected chi connectivity index (χ0v) is 22.2. The third-order valence-corrected chi connectivity index (χ3v) is 7.86. The second-order valence-corrected chi connectivity index (χ2v) is 11.5. The Morgan fingerprint density at radius 3 is 2.06 bits per heavy atom. The number of hydrogen-bond donors (Lipinski definition) is 0. The van der Waals surface area contributed by atoms with Gasteiger partial charge < -0.3 is 4.74 Å². The SMILES string of the molecule is Cc1cc(C)c(S(=O)(=O)N(CCOC(C)(C)C)c2c(C)n(C)n(-c3ccccc3)c2=O)c(C)c1. The van der Waals surface area contributed by atoms with E-state index >= 15 is 0 Å². The molecule has 8 heteroatoms. The van der Waals surface area contributed by atoms with E-state index < -0.39 is 21.2 Å². The summed E-state index contributed by atoms with van der Waals surface area (Å²) in [6.45, 7) is 13.2. The average Bonchev–Trinajstić information content (AvgIpc) is 2.92. The lowest BCUT2D eigenvalue weighted by Crippen LogP contribution is -2.39. The van der Waals surface area contributed by atoms with E-state index in [9.17, 15) is 13.2 Å². The number of sulfonamides is 1. The quantitative estimate of drug-likeness (QED) is 0.497. The molecule has 3 aromatic rings. The van der Waals surface area contributed by atoms with E-state index in [1.807, 2.05) is 70.2 Å². The second-order valence-electron chi connectivity index (χ2n) is 9.68. The molecule has 0 bridgehead atoms. The molecule has 0 aliphatic carbocycles. The molecule has 184 valence electrons. The maximum absolute atomic E-state index is 14.1. The van der Waals surface area contributed by atoms with Crippen molar-refractivity contribution in [3.05, 3.63) is 75.2 Å². The standard InChI is InChI=1S/C26H35N3O4S/c1-18-16-19(2)24(20(3)17-18)34(31,32)28(14-15-33-26(5,6)7)23-21(4)27(8)29(25(23)30)22-12-10-9-11-13-22/h9-13,16-17H,14-15H2,1-8H3. The van der Waals surface area contributed by atoms with Crippen molar-refractivity contribution >= 4 is 15.7 Å². The first-order valence-electron chi connectivity index (χ1n) is 11.3. The molecular formula is C26H35N3O4S. The molecule has 0 atom stereocenters. The molecule has 3 rings (SSSR count). The maximum Gasteiger partial charge on any atom is 0.296 e. The van der Waals surface area contributed by atoms with Crippen LogP contribution in [0.3, 0.4) is 0 Å². The lowest BCUT2D eigenvalue weighted by atomic mass is 10.1. The van der Waals surface area contributed by atoms with Gasteiger partial charge in [-0.1, -0.05) is 35.9 Å². The van der Waals surface area contributed by atoms with Crippen molar-refractivity contribution in [3.63, 3.8) is 0 Å². The van der Waals surface area contributed by atoms with Gasteiger partial charge >= 0.3 is 0 Å². The molecule has 0 radical (unpaired) electrons. The van der Waals surface area contributed by atoms with Crippen molar-refractivity contribution < 1.29 is 13.2 Å². The number of anilines is 1. The number of nitrogens with zero attached hydrogens (tertiary/aromatic N) is 3. The average molecular weight is 486 g/mol. The number of ether oxygens (including phenoxy) is 1. The Labute approximate surface area is 202 Å². The number of aromatic nitrogens is 2. The molecule has 0 unspecified atom stereocenters. The van der Waals surface area contributed by atoms with Crippen LogP contribution in [0.15, 0.2) is 52.2 Å². The summed E-state index contributed by atoms with van der Waals surface area (Å²) in [7, 11) is -2.30. The van der Waals surface area contributed by atoms with Gasteiger partial charge in [0, 0.05) is 7.05 Å². The fourth-order valence-electron chi connectivity index (χ4n) is 4.31. The molecule has 0 spiro atoms. The Morgan fingerprint density at radius 1 is 0.971 bits per heavy atom. The Bertz CT molecular complexity index is 1320. The lowest BCUT2D eigenvalue weighted by molar-refractivity contribution is 0.00230. The molecule has 0 saturated heterocycles. The second kappa shape index (κ2) is 9.43. The lowest BCUT2D eigenvalue weighted by Gasteiger charge is -2.27. The summed E-state index contributed by atoms with van der Waals surface area (Å²) in [6.07, 6.45) is 0. The van der Waals surface area contributed by atoms with E-state index in [2.05, 4.69) is 0 Å². The third kappa shape index (κ3) is 4.98. The highest BCUT2D eigenvalue weighted by Gasteiger charge is 2.34. The summed E-state index contributed by atoms with van der Waals surface area (Å²) in [4.78, 5) is 13.9. The van der Waals surface area contributed by atoms with Gasteiger partial charge in [-0.25, -0.2) is 13.1 Å². The summed E-state index contributed by atoms with van der Waals surface area (Å²) in [5.41, 5.74) is 2.79. The Balaban J connectivity index is 2.24. The topological polar surface area (TPSA) is 73.5 Å². The molecule has 0 N–H and O–H groups in total. The van der Waals surface area contributed by atoms with Gasteiger partial charge in [0.05, 0.1) is 35.0 Å². The highest BCUT2D eigenvalue weighted by molar-refractivity contribution is 7.93. The predicted octanol–water partition coefficient (Wildman–Crippen LogP) is 4.42. The minimum Gasteiger partial charge on any atom is -0.374 e. The van der Waals surface area contributed by atoms with Crippen molar-refractivity contribution in [1.82, 2.24) is 9.36 Å². The van der Waals surface area contributed by atoms with E-state index in [-0.39, 0.29) is 23.7 Å². The number of hydrogen-bond acceptors (Lipinski definition) is 4. The Hall–Kier alpha value is -2.84. The molecule has 0 aliphatic heterocycles. The van der Waals surface area contributed by atoms with E-state index in [4.69, 9.17) is 4.74 Å². The minimum atomic E-state index is -4.05. The zero-order valence-electron chi connectivity index (χ0n) is 21.3. The molecule has 34 heavy (non-hydrogen) atoms. The molecule has 0 aliphatic rings. The fraction of sp³-hybridized carbons (Fsp3) is 0.423. The van der Waals surface area contributed by atoms with Crippen molar-refractivity contribution in [2.45, 2.75) is 59.0 Å². The molecular weight excluding hydrogens is 450 g/mol. The Kier molecular flexibility index (Phi) is 7.15. The van der Waals surface area contributed by atoms with Gasteiger partial charge in [-0.15, -0.1) is 0 Å². The number of rotatable bonds is 7. The van der Waals surface area contributed by atoms with Crippen LogP contribution >= 0.6 is 0 Å². The van der Waals surface area contributed by atoms with E-state index in [0.717, 1.165) is 5.56 Å². The summed E-state index contributed by atoms with van der Waals surface area (Å²) >= 11 is 0. The molecule has 2 aromatic carbocycles. The highest BCUT2D eigenvalue weighted by Crippen LogP contribution is 2.30. The number of aryl methyl sites for hydroxylation is 3. The van der Waals surface area contributed by atoms with Gasteiger partial charge in [-0.2, -0.15) is 0 Å². The van der Waals surface area contributed by atoms with E-state index in [1.54, 1.807) is 32.5 Å². The van der Waals surface area contributed by atoms with Gasteiger partial charge in [-0.3, -0.25) is 13.8 Å². The first kappa shape index (κ1) is 25.8. The van der Waals surface area contributed by atoms with Gasteiger partial charge in [0.1, 0.15) is 5.69 Å². The number of benzene rings is 2. The Morgan fingerprint density at radius 2 is 1.53 bits per heavy atom. The van der Waals surface area contributed by atoms with Crippen LogP contribution in [-0.4, -0.2) is 36.5 Å². The number of para-hydroxylation sites is 1. The zero-order chi connectivity index (χ0) is 25.4. The smallest absolute Gasteiger partial charge is 0.296 e. The molecule has 1 aromatic heterocycles. The van der Waals surface area contributed by atoms with Crippen LogP contribution in [-0.2, 0) is 21.8 Å². The molecule has 0 fully saturated rings. The van der Waals surface area contributed by atoms with Crippen molar-refractivity contribution in [3.8, 4) is 5.69 Å². The van der Waals surface area contributed by atoms with Crippen LogP contribution in [0.1, 0.15) is 43.2 Å². The van der Waals surface area contributed by atoms with E-state index in [0.29, 0.717) is 22.5 Å². The molecule has 7 nitrogen and oxygen atoms in total. The summed E-state index contributed by atoms with van der Waals surface area (Å²) < 4.78 is 38.5. The van der Waals surface area contributed by atoms with Crippen LogP contribution < -0.4 is 9.86 Å². The first-order chi connectivity index (χ1) is 15.8. The van der Waals surface area contributed by atoms with Gasteiger partial charge in [-0.05, 0) is 71.7 Å². The summed E-state index contributed by atoms with van der Waals surface area (Å²) in [5, 5.41) is 0. The normalized spacial score (nSPS) is 12.2. The van der Waals surface area contributed by atoms with Crippen molar-refractivity contribution in [2.75, 3.05) is 17.5 Å². The first-order valence-corrected chi connectivity index (χ1v) is 12.8. The predicted molar refractivity (Wildman–Crippen MR) is 137 cm³/mol. The van der Waals surface area contributed by atoms with Crippen LogP contribution in [0.4, 0.5) is 5.69 Å². The van der Waals surface area contributed by atoms with Crippen LogP contribution in [0.2, 0.25) is 0 Å². The monoisotopic (exact) mass is 485 g/mol. The van der Waals surface area contributed by atoms with Gasteiger partial charge in [0.2, 0.25) is 0 Å². The van der Waals surface area contributed by atoms with Crippen molar-refractivity contribution in [1.29, 1.82) is 0 Å². The van der Waals surface area contributed by atoms with Crippen LogP contribution in [0.25, 0.3) is 5.69 Å². The highest BCUT2D eigenvalue weighted by atomic mass is 32.2. The van der Waals surface area contributed by atoms with Crippen molar-refractivity contribution in [2.24, 2.45) is 7.05 Å². The largest absolute Gasteiger partial charge is 0.374 e. The molecule has 1 heterocycles. The minimum absolute atomic E-state index is 0.0151. The third-order valence-electron chi connectivity index (χ3n) is 5.76. The van der Waals surface area contributed by atoms with Crippen LogP contribution in [0.5, 0.6) is 0 Å². The van der Waals surface area contributed by atoms with Gasteiger partial charge in [0.25, 0.3) is 15.6 Å². The summed E-state index contributed by atoms with van der Waals surface area (Å²) in [5.74, 6) is 0. The fourth-order valence-corrected chi connectivity index (χ4v) is 6.23. The summed E-state index contributed by atoms with van der Waals surface area (Å²) in [6, 6.07) is 12.9. The molecule has 0 saturated carbocycles.